The highest BCUT2D eigenvalue weighted by Gasteiger charge is 2.33. The summed E-state index contributed by atoms with van der Waals surface area (Å²) in [6, 6.07) is 4.50. The van der Waals surface area contributed by atoms with E-state index in [9.17, 15) is 19.8 Å². The van der Waals surface area contributed by atoms with Gasteiger partial charge in [0.2, 0.25) is 0 Å². The Morgan fingerprint density at radius 3 is 2.59 bits per heavy atom. The number of Topliss-reactive ketones (excluding diaryl/α,β-unsaturated/α-hetero) is 1. The number of amides is 1. The third-order valence-electron chi connectivity index (χ3n) is 2.65. The van der Waals surface area contributed by atoms with Gasteiger partial charge in [0.15, 0.2) is 0 Å². The van der Waals surface area contributed by atoms with Gasteiger partial charge in [-0.1, -0.05) is 12.1 Å². The molecule has 0 fully saturated rings. The van der Waals surface area contributed by atoms with Crippen LogP contribution in [-0.2, 0) is 4.79 Å². The van der Waals surface area contributed by atoms with Crippen LogP contribution in [0.4, 0.5) is 5.69 Å². The van der Waals surface area contributed by atoms with Gasteiger partial charge in [-0.05, 0) is 11.6 Å². The van der Waals surface area contributed by atoms with Crippen LogP contribution in [0, 0.1) is 0 Å². The Morgan fingerprint density at radius 1 is 1.24 bits per heavy atom. The molecule has 0 bridgehead atoms. The monoisotopic (exact) mass is 237 g/mol. The number of anilines is 1. The van der Waals surface area contributed by atoms with Crippen molar-refractivity contribution >= 4 is 17.4 Å². The van der Waals surface area contributed by atoms with Crippen LogP contribution >= 0.6 is 0 Å². The smallest absolute Gasteiger partial charge is 0.296 e. The Labute approximate surface area is 96.5 Å². The minimum absolute atomic E-state index is 0.0532. The van der Waals surface area contributed by atoms with Crippen LogP contribution in [-0.4, -0.2) is 39.7 Å². The van der Waals surface area contributed by atoms with E-state index >= 15 is 0 Å². The summed E-state index contributed by atoms with van der Waals surface area (Å²) in [6.07, 6.45) is -2.81. The fourth-order valence-corrected chi connectivity index (χ4v) is 1.77. The molecule has 2 atom stereocenters. The SMILES string of the molecule is O=C1Nc2cccc(C(O)C(O)CO)c2C1=O. The molecule has 0 aliphatic carbocycles. The standard InChI is InChI=1S/C11H11NO5/c13-4-7(14)9(15)5-2-1-3-6-8(5)10(16)11(17)12-6/h1-3,7,9,13-15H,4H2,(H,12,16,17). The third kappa shape index (κ3) is 1.82. The van der Waals surface area contributed by atoms with Crippen LogP contribution in [0.5, 0.6) is 0 Å². The number of ketones is 1. The van der Waals surface area contributed by atoms with Crippen molar-refractivity contribution in [3.05, 3.63) is 29.3 Å². The first-order valence-electron chi connectivity index (χ1n) is 5.02. The van der Waals surface area contributed by atoms with Crippen LogP contribution in [0.15, 0.2) is 18.2 Å². The van der Waals surface area contributed by atoms with E-state index in [1.165, 1.54) is 12.1 Å². The quantitative estimate of drug-likeness (QED) is 0.515. The van der Waals surface area contributed by atoms with E-state index in [2.05, 4.69) is 5.32 Å². The van der Waals surface area contributed by atoms with E-state index in [1.54, 1.807) is 6.07 Å². The number of carbonyl (C=O) groups is 2. The van der Waals surface area contributed by atoms with Gasteiger partial charge in [0.1, 0.15) is 12.2 Å². The van der Waals surface area contributed by atoms with Crippen molar-refractivity contribution in [2.75, 3.05) is 11.9 Å². The Hall–Kier alpha value is -1.76. The Kier molecular flexibility index (Phi) is 2.93. The summed E-state index contributed by atoms with van der Waals surface area (Å²) in [5.41, 5.74) is 0.492. The van der Waals surface area contributed by atoms with Gasteiger partial charge in [0.05, 0.1) is 17.9 Å². The van der Waals surface area contributed by atoms with Crippen LogP contribution in [0.25, 0.3) is 0 Å². The molecule has 0 radical (unpaired) electrons. The fourth-order valence-electron chi connectivity index (χ4n) is 1.77. The van der Waals surface area contributed by atoms with Gasteiger partial charge < -0.3 is 20.6 Å². The summed E-state index contributed by atoms with van der Waals surface area (Å²) in [4.78, 5) is 22.8. The van der Waals surface area contributed by atoms with E-state index in [1.807, 2.05) is 0 Å². The van der Waals surface area contributed by atoms with Crippen LogP contribution in [0.2, 0.25) is 0 Å². The predicted molar refractivity (Wildman–Crippen MR) is 57.5 cm³/mol. The maximum atomic E-state index is 11.6. The topological polar surface area (TPSA) is 107 Å². The van der Waals surface area contributed by atoms with Crippen molar-refractivity contribution in [3.63, 3.8) is 0 Å². The van der Waals surface area contributed by atoms with Crippen molar-refractivity contribution in [2.45, 2.75) is 12.2 Å². The number of fused-ring (bicyclic) bond motifs is 1. The molecule has 0 saturated heterocycles. The first-order chi connectivity index (χ1) is 8.06. The van der Waals surface area contributed by atoms with Crippen molar-refractivity contribution in [1.82, 2.24) is 0 Å². The van der Waals surface area contributed by atoms with Crippen molar-refractivity contribution in [2.24, 2.45) is 0 Å². The average molecular weight is 237 g/mol. The Morgan fingerprint density at radius 2 is 1.94 bits per heavy atom. The molecule has 6 nitrogen and oxygen atoms in total. The molecule has 1 aliphatic heterocycles. The van der Waals surface area contributed by atoms with Crippen molar-refractivity contribution in [1.29, 1.82) is 0 Å². The fraction of sp³-hybridized carbons (Fsp3) is 0.273. The van der Waals surface area contributed by atoms with Gasteiger partial charge >= 0.3 is 0 Å². The normalized spacial score (nSPS) is 17.6. The molecule has 17 heavy (non-hydrogen) atoms. The Bertz CT molecular complexity index is 485. The van der Waals surface area contributed by atoms with Crippen LogP contribution in [0.3, 0.4) is 0 Å². The minimum Gasteiger partial charge on any atom is -0.394 e. The molecule has 1 aliphatic rings. The molecule has 6 heteroatoms. The highest BCUT2D eigenvalue weighted by Crippen LogP contribution is 2.31. The lowest BCUT2D eigenvalue weighted by Crippen LogP contribution is -2.24. The zero-order chi connectivity index (χ0) is 12.6. The minimum atomic E-state index is -1.41. The molecule has 0 saturated carbocycles. The van der Waals surface area contributed by atoms with Gasteiger partial charge in [0, 0.05) is 0 Å². The number of benzene rings is 1. The van der Waals surface area contributed by atoms with Crippen molar-refractivity contribution < 1.29 is 24.9 Å². The van der Waals surface area contributed by atoms with E-state index in [0.29, 0.717) is 5.69 Å². The van der Waals surface area contributed by atoms with Gasteiger partial charge in [-0.15, -0.1) is 0 Å². The largest absolute Gasteiger partial charge is 0.394 e. The number of hydrogen-bond donors (Lipinski definition) is 4. The summed E-state index contributed by atoms with van der Waals surface area (Å²) in [7, 11) is 0. The summed E-state index contributed by atoms with van der Waals surface area (Å²) >= 11 is 0. The molecule has 2 rings (SSSR count). The van der Waals surface area contributed by atoms with E-state index in [0.717, 1.165) is 0 Å². The number of carbonyl (C=O) groups excluding carboxylic acids is 2. The molecular formula is C11H11NO5. The van der Waals surface area contributed by atoms with Gasteiger partial charge in [-0.2, -0.15) is 0 Å². The first kappa shape index (κ1) is 11.7. The second-order valence-electron chi connectivity index (χ2n) is 3.75. The second-order valence-corrected chi connectivity index (χ2v) is 3.75. The van der Waals surface area contributed by atoms with Crippen LogP contribution in [0.1, 0.15) is 22.0 Å². The third-order valence-corrected chi connectivity index (χ3v) is 2.65. The molecule has 1 heterocycles. The van der Waals surface area contributed by atoms with Gasteiger partial charge in [-0.3, -0.25) is 9.59 Å². The summed E-state index contributed by atoms with van der Waals surface area (Å²) in [5, 5.41) is 30.2. The number of hydrogen-bond acceptors (Lipinski definition) is 5. The molecule has 2 unspecified atom stereocenters. The lowest BCUT2D eigenvalue weighted by molar-refractivity contribution is -0.112. The Balaban J connectivity index is 2.48. The van der Waals surface area contributed by atoms with E-state index < -0.39 is 30.5 Å². The second kappa shape index (κ2) is 4.25. The average Bonchev–Trinajstić information content (AvgIpc) is 2.63. The van der Waals surface area contributed by atoms with E-state index in [-0.39, 0.29) is 11.1 Å². The lowest BCUT2D eigenvalue weighted by Gasteiger charge is -2.17. The number of aliphatic hydroxyl groups is 3. The van der Waals surface area contributed by atoms with Gasteiger partial charge in [-0.25, -0.2) is 0 Å². The highest BCUT2D eigenvalue weighted by atomic mass is 16.4. The number of aliphatic hydroxyl groups excluding tert-OH is 3. The molecule has 0 aromatic heterocycles. The molecule has 0 spiro atoms. The first-order valence-corrected chi connectivity index (χ1v) is 5.02. The predicted octanol–water partition coefficient (Wildman–Crippen LogP) is -0.792. The molecule has 90 valence electrons. The molecule has 1 aromatic rings. The highest BCUT2D eigenvalue weighted by molar-refractivity contribution is 6.52. The molecule has 1 aromatic carbocycles. The molecule has 4 N–H and O–H groups in total. The number of nitrogens with one attached hydrogen (secondary N) is 1. The molecular weight excluding hydrogens is 226 g/mol. The number of rotatable bonds is 3. The van der Waals surface area contributed by atoms with E-state index in [4.69, 9.17) is 5.11 Å². The summed E-state index contributed by atoms with van der Waals surface area (Å²) in [6.45, 7) is -0.638. The summed E-state index contributed by atoms with van der Waals surface area (Å²) in [5.74, 6) is -1.52. The van der Waals surface area contributed by atoms with Crippen LogP contribution < -0.4 is 5.32 Å². The molecule has 1 amide bonds. The maximum absolute atomic E-state index is 11.6. The van der Waals surface area contributed by atoms with Gasteiger partial charge in [0.25, 0.3) is 11.7 Å². The zero-order valence-electron chi connectivity index (χ0n) is 8.75. The summed E-state index contributed by atoms with van der Waals surface area (Å²) < 4.78 is 0. The zero-order valence-corrected chi connectivity index (χ0v) is 8.75. The van der Waals surface area contributed by atoms with Crippen molar-refractivity contribution in [3.8, 4) is 0 Å². The maximum Gasteiger partial charge on any atom is 0.296 e. The lowest BCUT2D eigenvalue weighted by atomic mass is 9.96.